The van der Waals surface area contributed by atoms with Crippen LogP contribution in [0.25, 0.3) is 0 Å². The lowest BCUT2D eigenvalue weighted by Gasteiger charge is -2.24. The molecule has 0 aromatic heterocycles. The Labute approximate surface area is 171 Å². The van der Waals surface area contributed by atoms with Gasteiger partial charge in [-0.3, -0.25) is 0 Å². The fourth-order valence-electron chi connectivity index (χ4n) is 2.42. The van der Waals surface area contributed by atoms with Gasteiger partial charge >= 0.3 is 0 Å². The molecule has 2 rings (SSSR count). The number of hydrogen-bond acceptors (Lipinski definition) is 3. The topological polar surface area (TPSA) is 35.5 Å². The van der Waals surface area contributed by atoms with Gasteiger partial charge in [-0.1, -0.05) is 57.3 Å². The number of allylic oxidation sites excluding steroid dienone is 3. The van der Waals surface area contributed by atoms with Crippen LogP contribution in [0.1, 0.15) is 18.4 Å². The molecule has 0 heterocycles. The minimum absolute atomic E-state index is 0.173. The summed E-state index contributed by atoms with van der Waals surface area (Å²) in [6.45, 7) is 0.825. The molecular formula is C19H20BrCl2FO3. The molecule has 0 radical (unpaired) electrons. The number of carbonyl (C=O) groups is 1. The lowest BCUT2D eigenvalue weighted by Crippen LogP contribution is -2.37. The Morgan fingerprint density at radius 2 is 1.88 bits per heavy atom. The number of alkyl halides is 2. The van der Waals surface area contributed by atoms with Crippen LogP contribution in [0, 0.1) is 0 Å². The van der Waals surface area contributed by atoms with Gasteiger partial charge in [0.15, 0.2) is 12.5 Å². The van der Waals surface area contributed by atoms with Crippen molar-refractivity contribution >= 4 is 45.4 Å². The Kier molecular flexibility index (Phi) is 9.29. The van der Waals surface area contributed by atoms with Gasteiger partial charge in [0.05, 0.1) is 24.6 Å². The van der Waals surface area contributed by atoms with E-state index in [2.05, 4.69) is 15.9 Å². The Morgan fingerprint density at radius 1 is 1.15 bits per heavy atom. The lowest BCUT2D eigenvalue weighted by atomic mass is 10.1. The fraction of sp³-hybridized carbons (Fsp3) is 0.421. The van der Waals surface area contributed by atoms with Crippen LogP contribution < -0.4 is 0 Å². The van der Waals surface area contributed by atoms with E-state index in [0.29, 0.717) is 11.6 Å². The molecule has 7 heteroatoms. The molecule has 0 N–H and O–H groups in total. The van der Waals surface area contributed by atoms with Crippen LogP contribution >= 0.6 is 39.1 Å². The van der Waals surface area contributed by atoms with Crippen molar-refractivity contribution in [2.24, 2.45) is 0 Å². The van der Waals surface area contributed by atoms with E-state index >= 15 is 0 Å². The van der Waals surface area contributed by atoms with Gasteiger partial charge in [0, 0.05) is 10.1 Å². The Hall–Kier alpha value is -0.720. The summed E-state index contributed by atoms with van der Waals surface area (Å²) in [5.41, 5.74) is 1.97. The second-order valence-electron chi connectivity index (χ2n) is 5.95. The van der Waals surface area contributed by atoms with Gasteiger partial charge in [0.1, 0.15) is 6.10 Å². The fourth-order valence-corrected chi connectivity index (χ4v) is 3.33. The molecule has 0 amide bonds. The molecule has 0 saturated carbocycles. The van der Waals surface area contributed by atoms with Crippen LogP contribution in [0.2, 0.25) is 5.02 Å². The third-order valence-electron chi connectivity index (χ3n) is 3.91. The largest absolute Gasteiger partial charge is 0.376 e. The zero-order valence-electron chi connectivity index (χ0n) is 14.0. The van der Waals surface area contributed by atoms with Crippen molar-refractivity contribution in [3.63, 3.8) is 0 Å². The van der Waals surface area contributed by atoms with Gasteiger partial charge in [0.25, 0.3) is 0 Å². The molecule has 1 aromatic rings. The van der Waals surface area contributed by atoms with Gasteiger partial charge < -0.3 is 14.3 Å². The maximum absolute atomic E-state index is 14.0. The van der Waals surface area contributed by atoms with Crippen molar-refractivity contribution < 1.29 is 18.7 Å². The summed E-state index contributed by atoms with van der Waals surface area (Å²) in [4.78, 5) is 10.4. The highest BCUT2D eigenvalue weighted by Crippen LogP contribution is 2.22. The van der Waals surface area contributed by atoms with Crippen LogP contribution in [0.15, 0.2) is 47.0 Å². The second kappa shape index (κ2) is 11.2. The van der Waals surface area contributed by atoms with E-state index in [1.54, 1.807) is 24.3 Å². The van der Waals surface area contributed by atoms with Gasteiger partial charge in [-0.15, -0.1) is 0 Å². The highest BCUT2D eigenvalue weighted by atomic mass is 79.9. The highest BCUT2D eigenvalue weighted by Gasteiger charge is 2.29. The number of rotatable bonds is 10. The average Bonchev–Trinajstić information content (AvgIpc) is 2.64. The molecule has 1 aliphatic rings. The summed E-state index contributed by atoms with van der Waals surface area (Å²) >= 11 is 15.1. The molecule has 0 saturated heterocycles. The number of ether oxygens (including phenoxy) is 2. The van der Waals surface area contributed by atoms with E-state index in [1.165, 1.54) is 0 Å². The van der Waals surface area contributed by atoms with Gasteiger partial charge in [-0.05, 0) is 42.2 Å². The predicted molar refractivity (Wildman–Crippen MR) is 106 cm³/mol. The molecule has 1 aromatic carbocycles. The summed E-state index contributed by atoms with van der Waals surface area (Å²) in [6.07, 6.45) is 3.00. The van der Waals surface area contributed by atoms with Crippen LogP contribution in [0.5, 0.6) is 0 Å². The van der Waals surface area contributed by atoms with Crippen molar-refractivity contribution in [1.29, 1.82) is 0 Å². The Balaban J connectivity index is 1.84. The van der Waals surface area contributed by atoms with E-state index in [4.69, 9.17) is 32.7 Å². The van der Waals surface area contributed by atoms with E-state index in [-0.39, 0.29) is 19.5 Å². The quantitative estimate of drug-likeness (QED) is 0.343. The van der Waals surface area contributed by atoms with E-state index in [1.807, 2.05) is 12.2 Å². The first kappa shape index (κ1) is 21.6. The first-order valence-electron chi connectivity index (χ1n) is 8.21. The second-order valence-corrected chi connectivity index (χ2v) is 8.05. The SMILES string of the molecule is O=C[C@@H](F)[C@H](OCc1ccc(Cl)cc1)[C@@H](Br)COCC1=CC=C(Cl)CC1. The third-order valence-corrected chi connectivity index (χ3v) is 5.26. The molecule has 0 fully saturated rings. The third kappa shape index (κ3) is 7.12. The summed E-state index contributed by atoms with van der Waals surface area (Å²) in [5, 5.41) is 1.44. The number of halogens is 4. The van der Waals surface area contributed by atoms with Crippen molar-refractivity contribution in [2.45, 2.75) is 36.6 Å². The zero-order chi connectivity index (χ0) is 18.9. The zero-order valence-corrected chi connectivity index (χ0v) is 17.1. The molecule has 0 aliphatic heterocycles. The smallest absolute Gasteiger partial charge is 0.182 e. The van der Waals surface area contributed by atoms with Gasteiger partial charge in [0.2, 0.25) is 0 Å². The van der Waals surface area contributed by atoms with Gasteiger partial charge in [-0.25, -0.2) is 4.39 Å². The highest BCUT2D eigenvalue weighted by molar-refractivity contribution is 9.09. The van der Waals surface area contributed by atoms with Crippen molar-refractivity contribution in [3.05, 3.63) is 57.6 Å². The van der Waals surface area contributed by atoms with Crippen LogP contribution in [-0.2, 0) is 20.9 Å². The van der Waals surface area contributed by atoms with Crippen LogP contribution in [0.3, 0.4) is 0 Å². The maximum atomic E-state index is 14.0. The first-order valence-corrected chi connectivity index (χ1v) is 9.88. The van der Waals surface area contributed by atoms with E-state index in [0.717, 1.165) is 29.0 Å². The van der Waals surface area contributed by atoms with Crippen molar-refractivity contribution in [1.82, 2.24) is 0 Å². The summed E-state index contributed by atoms with van der Waals surface area (Å²) < 4.78 is 25.3. The molecule has 0 bridgehead atoms. The standard InChI is InChI=1S/C19H20BrCl2FO3/c20-17(12-25-10-13-1-5-15(21)6-2-13)19(18(23)9-24)26-11-14-3-7-16(22)8-4-14/h1,3-5,7-9,17-19H,2,6,10-12H2/t17-,18+,19+/m0/s1. The normalized spacial score (nSPS) is 17.8. The Morgan fingerprint density at radius 3 is 2.50 bits per heavy atom. The van der Waals surface area contributed by atoms with Gasteiger partial charge in [-0.2, -0.15) is 0 Å². The summed E-state index contributed by atoms with van der Waals surface area (Å²) in [7, 11) is 0. The Bertz CT molecular complexity index is 649. The minimum Gasteiger partial charge on any atom is -0.376 e. The molecule has 26 heavy (non-hydrogen) atoms. The lowest BCUT2D eigenvalue weighted by molar-refractivity contribution is -0.118. The van der Waals surface area contributed by atoms with Crippen LogP contribution in [-0.4, -0.2) is 36.6 Å². The van der Waals surface area contributed by atoms with Crippen molar-refractivity contribution in [3.8, 4) is 0 Å². The summed E-state index contributed by atoms with van der Waals surface area (Å²) in [6, 6.07) is 7.05. The molecule has 142 valence electrons. The van der Waals surface area contributed by atoms with Crippen LogP contribution in [0.4, 0.5) is 4.39 Å². The van der Waals surface area contributed by atoms with E-state index in [9.17, 15) is 9.18 Å². The first-order chi connectivity index (χ1) is 12.5. The summed E-state index contributed by atoms with van der Waals surface area (Å²) in [5.74, 6) is 0. The minimum atomic E-state index is -1.74. The monoisotopic (exact) mass is 464 g/mol. The maximum Gasteiger partial charge on any atom is 0.182 e. The van der Waals surface area contributed by atoms with Crippen molar-refractivity contribution in [2.75, 3.05) is 13.2 Å². The number of hydrogen-bond donors (Lipinski definition) is 0. The molecule has 0 spiro atoms. The molecule has 3 nitrogen and oxygen atoms in total. The molecule has 3 atom stereocenters. The molecular weight excluding hydrogens is 446 g/mol. The number of aldehydes is 1. The molecule has 1 aliphatic carbocycles. The molecule has 0 unspecified atom stereocenters. The predicted octanol–water partition coefficient (Wildman–Crippen LogP) is 5.39. The number of carbonyl (C=O) groups excluding carboxylic acids is 1. The average molecular weight is 466 g/mol. The number of benzene rings is 1. The van der Waals surface area contributed by atoms with E-state index < -0.39 is 17.1 Å².